The molecule has 0 bridgehead atoms. The van der Waals surface area contributed by atoms with Crippen LogP contribution in [0.15, 0.2) is 23.0 Å². The highest BCUT2D eigenvalue weighted by molar-refractivity contribution is 8.23. The molecule has 54 valence electrons. The normalized spacial score (nSPS) is 24.1. The van der Waals surface area contributed by atoms with Gasteiger partial charge >= 0.3 is 0 Å². The van der Waals surface area contributed by atoms with Gasteiger partial charge in [0.1, 0.15) is 0 Å². The molecule has 0 aromatic carbocycles. The highest BCUT2D eigenvalue weighted by atomic mass is 32.2. The second-order valence-electron chi connectivity index (χ2n) is 1.90. The maximum atomic E-state index is 10.8. The van der Waals surface area contributed by atoms with E-state index >= 15 is 0 Å². The maximum Gasteiger partial charge on any atom is 0.166 e. The number of carbonyl (C=O) groups is 1. The van der Waals surface area contributed by atoms with E-state index in [9.17, 15) is 4.79 Å². The van der Waals surface area contributed by atoms with Crippen LogP contribution >= 0.6 is 23.5 Å². The zero-order valence-corrected chi connectivity index (χ0v) is 7.30. The fraction of sp³-hybridized carbons (Fsp3) is 0.286. The fourth-order valence-corrected chi connectivity index (χ4v) is 2.72. The molecule has 0 saturated heterocycles. The van der Waals surface area contributed by atoms with Crippen molar-refractivity contribution in [1.82, 2.24) is 0 Å². The van der Waals surface area contributed by atoms with Crippen molar-refractivity contribution in [2.24, 2.45) is 0 Å². The predicted molar refractivity (Wildman–Crippen MR) is 47.9 cm³/mol. The van der Waals surface area contributed by atoms with Crippen molar-refractivity contribution in [3.8, 4) is 0 Å². The van der Waals surface area contributed by atoms with Gasteiger partial charge in [-0.1, -0.05) is 6.08 Å². The van der Waals surface area contributed by atoms with E-state index in [2.05, 4.69) is 6.58 Å². The van der Waals surface area contributed by atoms with Crippen molar-refractivity contribution in [2.75, 3.05) is 0 Å². The Kier molecular flexibility index (Phi) is 2.63. The standard InChI is InChI=1S/C7H8OS2/c1-3-7-9-4-6(10-7)5(2)8/h3-4,7H,1H2,2H3. The lowest BCUT2D eigenvalue weighted by Crippen LogP contribution is -1.90. The number of rotatable bonds is 2. The van der Waals surface area contributed by atoms with E-state index in [1.807, 2.05) is 11.5 Å². The first-order valence-electron chi connectivity index (χ1n) is 2.90. The van der Waals surface area contributed by atoms with Gasteiger partial charge in [0.05, 0.1) is 9.49 Å². The monoisotopic (exact) mass is 172 g/mol. The van der Waals surface area contributed by atoms with Crippen LogP contribution in [0.1, 0.15) is 6.92 Å². The molecule has 1 aliphatic heterocycles. The summed E-state index contributed by atoms with van der Waals surface area (Å²) < 4.78 is 0.346. The van der Waals surface area contributed by atoms with Gasteiger partial charge in [-0.25, -0.2) is 0 Å². The summed E-state index contributed by atoms with van der Waals surface area (Å²) in [5, 5.41) is 1.90. The molecule has 1 nitrogen and oxygen atoms in total. The molecule has 10 heavy (non-hydrogen) atoms. The number of allylic oxidation sites excluding steroid dienone is 1. The summed E-state index contributed by atoms with van der Waals surface area (Å²) in [6, 6.07) is 0. The van der Waals surface area contributed by atoms with Crippen LogP contribution in [0.2, 0.25) is 0 Å². The lowest BCUT2D eigenvalue weighted by Gasteiger charge is -1.98. The first kappa shape index (κ1) is 7.95. The second kappa shape index (κ2) is 3.30. The van der Waals surface area contributed by atoms with Gasteiger partial charge in [0, 0.05) is 0 Å². The summed E-state index contributed by atoms with van der Waals surface area (Å²) in [4.78, 5) is 11.6. The summed E-state index contributed by atoms with van der Waals surface area (Å²) in [7, 11) is 0. The highest BCUT2D eigenvalue weighted by Crippen LogP contribution is 2.40. The zero-order chi connectivity index (χ0) is 7.56. The molecule has 1 heterocycles. The molecule has 1 aliphatic rings. The van der Waals surface area contributed by atoms with Crippen LogP contribution in [-0.2, 0) is 4.79 Å². The average Bonchev–Trinajstić information content (AvgIpc) is 2.34. The minimum atomic E-state index is 0.154. The Morgan fingerprint density at radius 3 is 2.90 bits per heavy atom. The van der Waals surface area contributed by atoms with Crippen LogP contribution in [0, 0.1) is 0 Å². The Balaban J connectivity index is 2.54. The summed E-state index contributed by atoms with van der Waals surface area (Å²) in [6.07, 6.45) is 1.85. The molecule has 0 spiro atoms. The Morgan fingerprint density at radius 2 is 2.60 bits per heavy atom. The summed E-state index contributed by atoms with van der Waals surface area (Å²) in [5.41, 5.74) is 0. The third kappa shape index (κ3) is 1.67. The van der Waals surface area contributed by atoms with Crippen LogP contribution in [0.5, 0.6) is 0 Å². The lowest BCUT2D eigenvalue weighted by atomic mass is 10.4. The van der Waals surface area contributed by atoms with E-state index in [0.29, 0.717) is 4.58 Å². The number of Topliss-reactive ketones (excluding diaryl/α,β-unsaturated/α-hetero) is 1. The Labute approximate surface area is 69.0 Å². The molecule has 0 fully saturated rings. The minimum absolute atomic E-state index is 0.154. The van der Waals surface area contributed by atoms with Gasteiger partial charge in [0.2, 0.25) is 0 Å². The van der Waals surface area contributed by atoms with E-state index in [4.69, 9.17) is 0 Å². The Hall–Kier alpha value is -0.150. The number of hydrogen-bond acceptors (Lipinski definition) is 3. The maximum absolute atomic E-state index is 10.8. The topological polar surface area (TPSA) is 17.1 Å². The van der Waals surface area contributed by atoms with Gasteiger partial charge in [-0.05, 0) is 12.3 Å². The van der Waals surface area contributed by atoms with E-state index in [1.54, 1.807) is 30.4 Å². The van der Waals surface area contributed by atoms with E-state index in [-0.39, 0.29) is 5.78 Å². The third-order valence-corrected chi connectivity index (χ3v) is 3.78. The molecule has 0 saturated carbocycles. The molecule has 0 aliphatic carbocycles. The number of carbonyl (C=O) groups excluding carboxylic acids is 1. The summed E-state index contributed by atoms with van der Waals surface area (Å²) in [5.74, 6) is 0.154. The van der Waals surface area contributed by atoms with Crippen molar-refractivity contribution in [3.05, 3.63) is 23.0 Å². The molecule has 0 aromatic heterocycles. The molecule has 1 unspecified atom stereocenters. The van der Waals surface area contributed by atoms with E-state index in [1.165, 1.54) is 0 Å². The molecule has 0 radical (unpaired) electrons. The van der Waals surface area contributed by atoms with Gasteiger partial charge < -0.3 is 0 Å². The van der Waals surface area contributed by atoms with Crippen molar-refractivity contribution in [2.45, 2.75) is 11.5 Å². The SMILES string of the molecule is C=CC1SC=C(C(C)=O)S1. The number of thioether (sulfide) groups is 2. The fourth-order valence-electron chi connectivity index (χ4n) is 0.579. The van der Waals surface area contributed by atoms with Gasteiger partial charge in [-0.3, -0.25) is 4.79 Å². The molecular formula is C7H8OS2. The Morgan fingerprint density at radius 1 is 1.90 bits per heavy atom. The molecular weight excluding hydrogens is 164 g/mol. The van der Waals surface area contributed by atoms with Crippen LogP contribution in [0.3, 0.4) is 0 Å². The van der Waals surface area contributed by atoms with Crippen LogP contribution in [0.4, 0.5) is 0 Å². The largest absolute Gasteiger partial charge is 0.294 e. The molecule has 1 rings (SSSR count). The van der Waals surface area contributed by atoms with Gasteiger partial charge in [-0.2, -0.15) is 0 Å². The molecule has 1 atom stereocenters. The van der Waals surface area contributed by atoms with Gasteiger partial charge in [-0.15, -0.1) is 30.1 Å². The molecule has 0 N–H and O–H groups in total. The highest BCUT2D eigenvalue weighted by Gasteiger charge is 2.17. The van der Waals surface area contributed by atoms with Gasteiger partial charge in [0.15, 0.2) is 5.78 Å². The zero-order valence-electron chi connectivity index (χ0n) is 5.66. The van der Waals surface area contributed by atoms with Crippen molar-refractivity contribution < 1.29 is 4.79 Å². The first-order chi connectivity index (χ1) is 4.74. The Bertz CT molecular complexity index is 196. The van der Waals surface area contributed by atoms with E-state index in [0.717, 1.165) is 4.91 Å². The number of ketones is 1. The average molecular weight is 172 g/mol. The molecule has 0 aromatic rings. The van der Waals surface area contributed by atoms with Crippen molar-refractivity contribution in [3.63, 3.8) is 0 Å². The molecule has 3 heteroatoms. The predicted octanol–water partition coefficient (Wildman–Crippen LogP) is 2.41. The van der Waals surface area contributed by atoms with Gasteiger partial charge in [0.25, 0.3) is 0 Å². The number of hydrogen-bond donors (Lipinski definition) is 0. The smallest absolute Gasteiger partial charge is 0.166 e. The first-order valence-corrected chi connectivity index (χ1v) is 4.72. The minimum Gasteiger partial charge on any atom is -0.294 e. The molecule has 0 amide bonds. The quantitative estimate of drug-likeness (QED) is 0.595. The van der Waals surface area contributed by atoms with Crippen LogP contribution in [0.25, 0.3) is 0 Å². The van der Waals surface area contributed by atoms with Crippen LogP contribution in [-0.4, -0.2) is 10.4 Å². The summed E-state index contributed by atoms with van der Waals surface area (Å²) >= 11 is 3.22. The lowest BCUT2D eigenvalue weighted by molar-refractivity contribution is -0.112. The van der Waals surface area contributed by atoms with Crippen molar-refractivity contribution >= 4 is 29.3 Å². The summed E-state index contributed by atoms with van der Waals surface area (Å²) in [6.45, 7) is 5.24. The van der Waals surface area contributed by atoms with Crippen molar-refractivity contribution in [1.29, 1.82) is 0 Å². The van der Waals surface area contributed by atoms with Crippen LogP contribution < -0.4 is 0 Å². The third-order valence-electron chi connectivity index (χ3n) is 1.09. The second-order valence-corrected chi connectivity index (χ2v) is 4.39. The van der Waals surface area contributed by atoms with E-state index < -0.39 is 0 Å².